The fourth-order valence-electron chi connectivity index (χ4n) is 1.03. The van der Waals surface area contributed by atoms with Crippen molar-refractivity contribution in [2.45, 2.75) is 6.92 Å². The molecule has 0 aromatic heterocycles. The summed E-state index contributed by atoms with van der Waals surface area (Å²) in [5.41, 5.74) is 1.52. The first-order valence-corrected chi connectivity index (χ1v) is 4.74. The molecule has 1 amide bonds. The van der Waals surface area contributed by atoms with E-state index in [9.17, 15) is 4.79 Å². The lowest BCUT2D eigenvalue weighted by atomic mass is 10.1. The molecule has 0 radical (unpaired) electrons. The molecule has 1 rings (SSSR count). The maximum absolute atomic E-state index is 11.5. The SMILES string of the molecule is Cc1ccccc1C(=O)NC=C(Cl)Cl. The molecule has 0 aliphatic heterocycles. The van der Waals surface area contributed by atoms with Gasteiger partial charge >= 0.3 is 0 Å². The molecule has 74 valence electrons. The van der Waals surface area contributed by atoms with Crippen LogP contribution in [0.15, 0.2) is 35.0 Å². The van der Waals surface area contributed by atoms with Gasteiger partial charge in [0.2, 0.25) is 0 Å². The highest BCUT2D eigenvalue weighted by atomic mass is 35.5. The lowest BCUT2D eigenvalue weighted by Crippen LogP contribution is -2.18. The molecular weight excluding hydrogens is 221 g/mol. The molecule has 0 spiro atoms. The van der Waals surface area contributed by atoms with Crippen LogP contribution in [-0.4, -0.2) is 5.91 Å². The first-order chi connectivity index (χ1) is 6.61. The van der Waals surface area contributed by atoms with Crippen LogP contribution >= 0.6 is 23.2 Å². The summed E-state index contributed by atoms with van der Waals surface area (Å²) in [6, 6.07) is 7.27. The number of hydrogen-bond acceptors (Lipinski definition) is 1. The van der Waals surface area contributed by atoms with Crippen LogP contribution in [0.25, 0.3) is 0 Å². The van der Waals surface area contributed by atoms with E-state index in [1.165, 1.54) is 6.20 Å². The summed E-state index contributed by atoms with van der Waals surface area (Å²) < 4.78 is 0.0203. The lowest BCUT2D eigenvalue weighted by Gasteiger charge is -2.03. The topological polar surface area (TPSA) is 29.1 Å². The molecule has 0 heterocycles. The second kappa shape index (κ2) is 5.03. The second-order valence-corrected chi connectivity index (χ2v) is 3.73. The number of carbonyl (C=O) groups is 1. The Labute approximate surface area is 92.5 Å². The van der Waals surface area contributed by atoms with E-state index < -0.39 is 0 Å². The summed E-state index contributed by atoms with van der Waals surface area (Å²) in [5, 5.41) is 2.47. The van der Waals surface area contributed by atoms with Crippen molar-refractivity contribution in [2.24, 2.45) is 0 Å². The van der Waals surface area contributed by atoms with Crippen molar-refractivity contribution in [1.29, 1.82) is 0 Å². The molecule has 14 heavy (non-hydrogen) atoms. The number of nitrogens with one attached hydrogen (secondary N) is 1. The van der Waals surface area contributed by atoms with Crippen LogP contribution in [0.2, 0.25) is 0 Å². The van der Waals surface area contributed by atoms with Crippen LogP contribution in [0.4, 0.5) is 0 Å². The van der Waals surface area contributed by atoms with Gasteiger partial charge in [0.1, 0.15) is 4.49 Å². The van der Waals surface area contributed by atoms with Gasteiger partial charge in [-0.25, -0.2) is 0 Å². The molecule has 0 aliphatic carbocycles. The fraction of sp³-hybridized carbons (Fsp3) is 0.100. The van der Waals surface area contributed by atoms with Crippen LogP contribution in [0.3, 0.4) is 0 Å². The standard InChI is InChI=1S/C10H9Cl2NO/c1-7-4-2-3-5-8(7)10(14)13-6-9(11)12/h2-6H,1H3,(H,13,14). The van der Waals surface area contributed by atoms with E-state index in [1.54, 1.807) is 12.1 Å². The number of aryl methyl sites for hydroxylation is 1. The first-order valence-electron chi connectivity index (χ1n) is 3.99. The van der Waals surface area contributed by atoms with Gasteiger partial charge in [-0.15, -0.1) is 0 Å². The Kier molecular flexibility index (Phi) is 3.98. The average molecular weight is 230 g/mol. The van der Waals surface area contributed by atoms with Gasteiger partial charge in [-0.3, -0.25) is 4.79 Å². The summed E-state index contributed by atoms with van der Waals surface area (Å²) in [6.45, 7) is 1.86. The van der Waals surface area contributed by atoms with E-state index in [4.69, 9.17) is 23.2 Å². The zero-order valence-electron chi connectivity index (χ0n) is 7.55. The Bertz CT molecular complexity index is 370. The molecule has 0 fully saturated rings. The average Bonchev–Trinajstić information content (AvgIpc) is 2.15. The van der Waals surface area contributed by atoms with Gasteiger partial charge in [0.15, 0.2) is 0 Å². The van der Waals surface area contributed by atoms with Crippen molar-refractivity contribution in [2.75, 3.05) is 0 Å². The Morgan fingerprint density at radius 1 is 1.36 bits per heavy atom. The minimum atomic E-state index is -0.220. The molecule has 1 aromatic carbocycles. The minimum absolute atomic E-state index is 0.0203. The largest absolute Gasteiger partial charge is 0.326 e. The van der Waals surface area contributed by atoms with Gasteiger partial charge in [-0.05, 0) is 18.6 Å². The Morgan fingerprint density at radius 2 is 2.00 bits per heavy atom. The van der Waals surface area contributed by atoms with Gasteiger partial charge in [-0.1, -0.05) is 41.4 Å². The van der Waals surface area contributed by atoms with E-state index in [0.29, 0.717) is 5.56 Å². The van der Waals surface area contributed by atoms with Crippen molar-refractivity contribution < 1.29 is 4.79 Å². The van der Waals surface area contributed by atoms with Gasteiger partial charge in [-0.2, -0.15) is 0 Å². The molecule has 0 saturated heterocycles. The minimum Gasteiger partial charge on any atom is -0.326 e. The molecule has 0 aliphatic rings. The molecule has 1 aromatic rings. The number of hydrogen-bond donors (Lipinski definition) is 1. The third-order valence-electron chi connectivity index (χ3n) is 1.70. The number of rotatable bonds is 2. The van der Waals surface area contributed by atoms with Crippen LogP contribution in [0.1, 0.15) is 15.9 Å². The van der Waals surface area contributed by atoms with Crippen molar-refractivity contribution in [1.82, 2.24) is 5.32 Å². The molecule has 0 unspecified atom stereocenters. The Morgan fingerprint density at radius 3 is 2.57 bits per heavy atom. The van der Waals surface area contributed by atoms with Crippen molar-refractivity contribution in [3.8, 4) is 0 Å². The van der Waals surface area contributed by atoms with Crippen LogP contribution in [0.5, 0.6) is 0 Å². The molecule has 0 saturated carbocycles. The van der Waals surface area contributed by atoms with E-state index in [-0.39, 0.29) is 10.4 Å². The zero-order chi connectivity index (χ0) is 10.6. The Hall–Kier alpha value is -0.990. The first kappa shape index (κ1) is 11.1. The predicted molar refractivity (Wildman–Crippen MR) is 58.4 cm³/mol. The zero-order valence-corrected chi connectivity index (χ0v) is 9.06. The highest BCUT2D eigenvalue weighted by Gasteiger charge is 2.05. The number of carbonyl (C=O) groups excluding carboxylic acids is 1. The number of benzene rings is 1. The van der Waals surface area contributed by atoms with E-state index >= 15 is 0 Å². The monoisotopic (exact) mass is 229 g/mol. The summed E-state index contributed by atoms with van der Waals surface area (Å²) in [6.07, 6.45) is 1.25. The molecule has 0 bridgehead atoms. The van der Waals surface area contributed by atoms with Gasteiger partial charge in [0, 0.05) is 11.8 Å². The fourth-order valence-corrected chi connectivity index (χ4v) is 1.13. The summed E-state index contributed by atoms with van der Waals surface area (Å²) in [4.78, 5) is 11.5. The molecule has 2 nitrogen and oxygen atoms in total. The van der Waals surface area contributed by atoms with Gasteiger partial charge < -0.3 is 5.32 Å². The lowest BCUT2D eigenvalue weighted by molar-refractivity contribution is 0.0969. The van der Waals surface area contributed by atoms with E-state index in [2.05, 4.69) is 5.32 Å². The second-order valence-electron chi connectivity index (χ2n) is 2.72. The van der Waals surface area contributed by atoms with Crippen molar-refractivity contribution in [3.63, 3.8) is 0 Å². The summed E-state index contributed by atoms with van der Waals surface area (Å²) >= 11 is 10.7. The maximum Gasteiger partial charge on any atom is 0.255 e. The van der Waals surface area contributed by atoms with Crippen molar-refractivity contribution in [3.05, 3.63) is 46.1 Å². The highest BCUT2D eigenvalue weighted by Crippen LogP contribution is 2.08. The Balaban J connectivity index is 2.80. The van der Waals surface area contributed by atoms with Gasteiger partial charge in [0.25, 0.3) is 5.91 Å². The normalized spacial score (nSPS) is 9.36. The smallest absolute Gasteiger partial charge is 0.255 e. The highest BCUT2D eigenvalue weighted by molar-refractivity contribution is 6.55. The van der Waals surface area contributed by atoms with Crippen molar-refractivity contribution >= 4 is 29.1 Å². The van der Waals surface area contributed by atoms with E-state index in [1.807, 2.05) is 19.1 Å². The third-order valence-corrected chi connectivity index (χ3v) is 1.92. The summed E-state index contributed by atoms with van der Waals surface area (Å²) in [7, 11) is 0. The molecule has 0 atom stereocenters. The van der Waals surface area contributed by atoms with Crippen LogP contribution in [0, 0.1) is 6.92 Å². The quantitative estimate of drug-likeness (QED) is 0.831. The van der Waals surface area contributed by atoms with E-state index in [0.717, 1.165) is 5.56 Å². The molecule has 1 N–H and O–H groups in total. The van der Waals surface area contributed by atoms with Crippen LogP contribution in [-0.2, 0) is 0 Å². The maximum atomic E-state index is 11.5. The molecule has 4 heteroatoms. The van der Waals surface area contributed by atoms with Gasteiger partial charge in [0.05, 0.1) is 0 Å². The third kappa shape index (κ3) is 3.05. The predicted octanol–water partition coefficient (Wildman–Crippen LogP) is 3.00. The number of amides is 1. The van der Waals surface area contributed by atoms with Crippen LogP contribution < -0.4 is 5.32 Å². The number of halogens is 2. The molecular formula is C10H9Cl2NO. The summed E-state index contributed by atoms with van der Waals surface area (Å²) in [5.74, 6) is -0.220.